The molecule has 0 spiro atoms. The predicted molar refractivity (Wildman–Crippen MR) is 97.1 cm³/mol. The average Bonchev–Trinajstić information content (AvgIpc) is 3.01. The minimum atomic E-state index is -1.06. The number of halogens is 2. The molecule has 2 N–H and O–H groups in total. The Morgan fingerprint density at radius 2 is 1.85 bits per heavy atom. The number of benzene rings is 2. The van der Waals surface area contributed by atoms with Crippen LogP contribution in [0.15, 0.2) is 42.5 Å². The molecular formula is C19H18F2N4O2. The van der Waals surface area contributed by atoms with Crippen LogP contribution in [0.2, 0.25) is 0 Å². The van der Waals surface area contributed by atoms with Gasteiger partial charge in [-0.2, -0.15) is 0 Å². The number of nitrogens with one attached hydrogen (secondary N) is 2. The standard InChI is InChI=1S/C19H18F2N4O2/c1-2-17-24-15-5-3-4-6-16(15)25(17)11-19(27)22-10-18(26)23-12-7-8-13(20)14(21)9-12/h3-9H,2,10-11H2,1H3,(H,22,27)(H,23,26). The minimum absolute atomic E-state index is 0.0299. The normalized spacial score (nSPS) is 10.8. The molecule has 1 aromatic heterocycles. The molecule has 1 heterocycles. The van der Waals surface area contributed by atoms with Crippen molar-refractivity contribution in [1.82, 2.24) is 14.9 Å². The monoisotopic (exact) mass is 372 g/mol. The summed E-state index contributed by atoms with van der Waals surface area (Å²) in [5, 5.41) is 4.91. The number of nitrogens with zero attached hydrogens (tertiary/aromatic N) is 2. The zero-order chi connectivity index (χ0) is 19.4. The number of fused-ring (bicyclic) bond motifs is 1. The van der Waals surface area contributed by atoms with Crippen molar-refractivity contribution in [2.45, 2.75) is 19.9 Å². The molecule has 0 radical (unpaired) electrons. The van der Waals surface area contributed by atoms with Gasteiger partial charge in [-0.15, -0.1) is 0 Å². The third-order valence-corrected chi connectivity index (χ3v) is 4.00. The lowest BCUT2D eigenvalue weighted by atomic mass is 10.3. The van der Waals surface area contributed by atoms with E-state index >= 15 is 0 Å². The van der Waals surface area contributed by atoms with E-state index < -0.39 is 17.5 Å². The zero-order valence-electron chi connectivity index (χ0n) is 14.6. The Labute approximate surface area is 154 Å². The Kier molecular flexibility index (Phi) is 5.44. The first kappa shape index (κ1) is 18.5. The summed E-state index contributed by atoms with van der Waals surface area (Å²) in [6.45, 7) is 1.69. The smallest absolute Gasteiger partial charge is 0.243 e. The number of amides is 2. The zero-order valence-corrected chi connectivity index (χ0v) is 14.6. The number of rotatable bonds is 6. The van der Waals surface area contributed by atoms with Crippen LogP contribution in [0, 0.1) is 11.6 Å². The van der Waals surface area contributed by atoms with Crippen molar-refractivity contribution in [3.8, 4) is 0 Å². The lowest BCUT2D eigenvalue weighted by molar-refractivity contribution is -0.124. The van der Waals surface area contributed by atoms with Gasteiger partial charge in [0.15, 0.2) is 11.6 Å². The summed E-state index contributed by atoms with van der Waals surface area (Å²) in [4.78, 5) is 28.6. The van der Waals surface area contributed by atoms with Crippen LogP contribution in [0.3, 0.4) is 0 Å². The highest BCUT2D eigenvalue weighted by Gasteiger charge is 2.13. The van der Waals surface area contributed by atoms with Gasteiger partial charge in [0.2, 0.25) is 11.8 Å². The van der Waals surface area contributed by atoms with Crippen LogP contribution in [0.4, 0.5) is 14.5 Å². The fourth-order valence-corrected chi connectivity index (χ4v) is 2.73. The van der Waals surface area contributed by atoms with Gasteiger partial charge in [0.1, 0.15) is 12.4 Å². The van der Waals surface area contributed by atoms with E-state index in [2.05, 4.69) is 15.6 Å². The summed E-state index contributed by atoms with van der Waals surface area (Å²) < 4.78 is 27.8. The van der Waals surface area contributed by atoms with Gasteiger partial charge in [-0.25, -0.2) is 13.8 Å². The van der Waals surface area contributed by atoms with Crippen molar-refractivity contribution >= 4 is 28.5 Å². The molecule has 0 atom stereocenters. The maximum Gasteiger partial charge on any atom is 0.243 e. The van der Waals surface area contributed by atoms with E-state index in [9.17, 15) is 18.4 Å². The van der Waals surface area contributed by atoms with Gasteiger partial charge in [-0.3, -0.25) is 9.59 Å². The SMILES string of the molecule is CCc1nc2ccccc2n1CC(=O)NCC(=O)Nc1ccc(F)c(F)c1. The van der Waals surface area contributed by atoms with Crippen LogP contribution in [0.5, 0.6) is 0 Å². The Balaban J connectivity index is 1.60. The lowest BCUT2D eigenvalue weighted by Gasteiger charge is -2.10. The summed E-state index contributed by atoms with van der Waals surface area (Å²) in [6.07, 6.45) is 0.665. The molecule has 0 fully saturated rings. The highest BCUT2D eigenvalue weighted by molar-refractivity contribution is 5.94. The number of carbonyl (C=O) groups is 2. The molecule has 8 heteroatoms. The van der Waals surface area contributed by atoms with E-state index in [1.807, 2.05) is 31.2 Å². The Morgan fingerprint density at radius 3 is 2.59 bits per heavy atom. The highest BCUT2D eigenvalue weighted by atomic mass is 19.2. The van der Waals surface area contributed by atoms with E-state index in [0.29, 0.717) is 6.42 Å². The number of aromatic nitrogens is 2. The second-order valence-electron chi connectivity index (χ2n) is 5.91. The summed E-state index contributed by atoms with van der Waals surface area (Å²) >= 11 is 0. The van der Waals surface area contributed by atoms with E-state index in [1.165, 1.54) is 6.07 Å². The molecule has 2 amide bonds. The van der Waals surface area contributed by atoms with Crippen molar-refractivity contribution in [1.29, 1.82) is 0 Å². The first-order chi connectivity index (χ1) is 13.0. The minimum Gasteiger partial charge on any atom is -0.345 e. The Morgan fingerprint density at radius 1 is 1.07 bits per heavy atom. The van der Waals surface area contributed by atoms with Crippen LogP contribution in [-0.2, 0) is 22.6 Å². The predicted octanol–water partition coefficient (Wildman–Crippen LogP) is 2.63. The molecule has 3 rings (SSSR count). The van der Waals surface area contributed by atoms with Crippen LogP contribution < -0.4 is 10.6 Å². The van der Waals surface area contributed by atoms with Gasteiger partial charge in [-0.05, 0) is 24.3 Å². The molecule has 0 saturated heterocycles. The second kappa shape index (κ2) is 7.94. The lowest BCUT2D eigenvalue weighted by Crippen LogP contribution is -2.35. The number of aryl methyl sites for hydroxylation is 1. The molecule has 27 heavy (non-hydrogen) atoms. The molecule has 0 aliphatic carbocycles. The van der Waals surface area contributed by atoms with Gasteiger partial charge < -0.3 is 15.2 Å². The largest absolute Gasteiger partial charge is 0.345 e. The molecule has 3 aromatic rings. The van der Waals surface area contributed by atoms with Crippen molar-refractivity contribution < 1.29 is 18.4 Å². The summed E-state index contributed by atoms with van der Waals surface area (Å²) in [7, 11) is 0. The summed E-state index contributed by atoms with van der Waals surface area (Å²) in [5.41, 5.74) is 1.76. The summed E-state index contributed by atoms with van der Waals surface area (Å²) in [6, 6.07) is 10.5. The fraction of sp³-hybridized carbons (Fsp3) is 0.211. The molecule has 0 aliphatic rings. The number of hydrogen-bond donors (Lipinski definition) is 2. The first-order valence-electron chi connectivity index (χ1n) is 8.43. The number of carbonyl (C=O) groups excluding carboxylic acids is 2. The maximum atomic E-state index is 13.1. The first-order valence-corrected chi connectivity index (χ1v) is 8.43. The number of para-hydroxylation sites is 2. The van der Waals surface area contributed by atoms with E-state index in [0.717, 1.165) is 29.0 Å². The maximum absolute atomic E-state index is 13.1. The quantitative estimate of drug-likeness (QED) is 0.698. The van der Waals surface area contributed by atoms with Crippen LogP contribution in [0.25, 0.3) is 11.0 Å². The molecule has 140 valence electrons. The second-order valence-corrected chi connectivity index (χ2v) is 5.91. The van der Waals surface area contributed by atoms with Crippen molar-refractivity contribution in [2.75, 3.05) is 11.9 Å². The van der Waals surface area contributed by atoms with E-state index in [4.69, 9.17) is 0 Å². The number of anilines is 1. The fourth-order valence-electron chi connectivity index (χ4n) is 2.73. The third kappa shape index (κ3) is 4.28. The van der Waals surface area contributed by atoms with Crippen molar-refractivity contribution in [2.24, 2.45) is 0 Å². The highest BCUT2D eigenvalue weighted by Crippen LogP contribution is 2.16. The molecule has 0 bridgehead atoms. The van der Waals surface area contributed by atoms with Gasteiger partial charge in [-0.1, -0.05) is 19.1 Å². The average molecular weight is 372 g/mol. The van der Waals surface area contributed by atoms with Gasteiger partial charge in [0.05, 0.1) is 17.6 Å². The third-order valence-electron chi connectivity index (χ3n) is 4.00. The molecule has 0 unspecified atom stereocenters. The van der Waals surface area contributed by atoms with E-state index in [1.54, 1.807) is 4.57 Å². The van der Waals surface area contributed by atoms with Crippen molar-refractivity contribution in [3.05, 3.63) is 59.9 Å². The van der Waals surface area contributed by atoms with Gasteiger partial charge in [0, 0.05) is 18.2 Å². The molecule has 0 saturated carbocycles. The number of hydrogen-bond acceptors (Lipinski definition) is 3. The van der Waals surface area contributed by atoms with Crippen LogP contribution in [-0.4, -0.2) is 27.9 Å². The molecule has 0 aliphatic heterocycles. The Hall–Kier alpha value is -3.29. The van der Waals surface area contributed by atoms with Gasteiger partial charge in [0.25, 0.3) is 0 Å². The Bertz CT molecular complexity index is 1000. The van der Waals surface area contributed by atoms with Crippen LogP contribution >= 0.6 is 0 Å². The topological polar surface area (TPSA) is 76.0 Å². The van der Waals surface area contributed by atoms with E-state index in [-0.39, 0.29) is 24.7 Å². The molecule has 2 aromatic carbocycles. The summed E-state index contributed by atoms with van der Waals surface area (Å²) in [5.74, 6) is -2.18. The molecular weight excluding hydrogens is 354 g/mol. The van der Waals surface area contributed by atoms with Gasteiger partial charge >= 0.3 is 0 Å². The van der Waals surface area contributed by atoms with Crippen molar-refractivity contribution in [3.63, 3.8) is 0 Å². The molecule has 6 nitrogen and oxygen atoms in total. The van der Waals surface area contributed by atoms with Crippen LogP contribution in [0.1, 0.15) is 12.7 Å². The number of imidazole rings is 1.